The Hall–Kier alpha value is -1.98. The van der Waals surface area contributed by atoms with Crippen LogP contribution in [0.15, 0.2) is 18.2 Å². The minimum Gasteiger partial charge on any atom is -0.481 e. The zero-order chi connectivity index (χ0) is 16.0. The average Bonchev–Trinajstić information content (AvgIpc) is 3.16. The van der Waals surface area contributed by atoms with Crippen molar-refractivity contribution < 1.29 is 23.5 Å². The molecule has 1 aliphatic carbocycles. The number of amides is 1. The summed E-state index contributed by atoms with van der Waals surface area (Å²) in [6.07, 6.45) is 0.925. The van der Waals surface area contributed by atoms with Gasteiger partial charge in [0, 0.05) is 18.5 Å². The molecule has 0 bridgehead atoms. The molecule has 3 rings (SSSR count). The van der Waals surface area contributed by atoms with Crippen molar-refractivity contribution in [2.24, 2.45) is 11.8 Å². The fraction of sp³-hybridized carbons (Fsp3) is 0.500. The molecule has 1 N–H and O–H groups in total. The maximum absolute atomic E-state index is 13.7. The molecule has 1 saturated heterocycles. The first-order chi connectivity index (χ1) is 10.4. The first kappa shape index (κ1) is 14.9. The molecule has 1 amide bonds. The maximum atomic E-state index is 13.7. The Morgan fingerprint density at radius 2 is 2.00 bits per heavy atom. The van der Waals surface area contributed by atoms with Gasteiger partial charge in [-0.25, -0.2) is 8.78 Å². The Morgan fingerprint density at radius 1 is 1.27 bits per heavy atom. The summed E-state index contributed by atoms with van der Waals surface area (Å²) in [4.78, 5) is 25.2. The molecule has 118 valence electrons. The van der Waals surface area contributed by atoms with Gasteiger partial charge in [-0.15, -0.1) is 0 Å². The number of benzene rings is 1. The third-order valence-corrected chi connectivity index (χ3v) is 4.82. The molecule has 0 radical (unpaired) electrons. The Bertz CT molecular complexity index is 634. The Morgan fingerprint density at radius 3 is 2.64 bits per heavy atom. The van der Waals surface area contributed by atoms with Crippen LogP contribution in [0.3, 0.4) is 0 Å². The van der Waals surface area contributed by atoms with Crippen LogP contribution >= 0.6 is 0 Å². The molecule has 6 heteroatoms. The minimum absolute atomic E-state index is 0.148. The molecule has 4 nitrogen and oxygen atoms in total. The quantitative estimate of drug-likeness (QED) is 0.932. The van der Waals surface area contributed by atoms with Gasteiger partial charge in [0.05, 0.1) is 5.92 Å². The highest BCUT2D eigenvalue weighted by atomic mass is 19.1. The highest BCUT2D eigenvalue weighted by Gasteiger charge is 2.50. The van der Waals surface area contributed by atoms with E-state index in [-0.39, 0.29) is 29.3 Å². The number of aliphatic carboxylic acids is 1. The van der Waals surface area contributed by atoms with Crippen LogP contribution in [-0.2, 0) is 9.59 Å². The van der Waals surface area contributed by atoms with Crippen molar-refractivity contribution in [1.82, 2.24) is 4.90 Å². The molecule has 1 heterocycles. The SMILES string of the molecule is CC1C(C(=O)O)CCN1C(=O)C1CC1c1cc(F)ccc1F. The van der Waals surface area contributed by atoms with Crippen LogP contribution in [0.4, 0.5) is 8.78 Å². The van der Waals surface area contributed by atoms with E-state index in [0.717, 1.165) is 18.2 Å². The van der Waals surface area contributed by atoms with E-state index in [1.165, 1.54) is 0 Å². The standard InChI is InChI=1S/C16H17F2NO3/c1-8-10(16(21)22)4-5-19(8)15(20)13-7-11(13)12-6-9(17)2-3-14(12)18/h2-3,6,8,10-11,13H,4-5,7H2,1H3,(H,21,22). The summed E-state index contributed by atoms with van der Waals surface area (Å²) in [6, 6.07) is 2.91. The molecule has 2 fully saturated rings. The van der Waals surface area contributed by atoms with Crippen LogP contribution in [0, 0.1) is 23.5 Å². The summed E-state index contributed by atoms with van der Waals surface area (Å²) in [7, 11) is 0. The predicted octanol–water partition coefficient (Wildman–Crippen LogP) is 2.39. The second kappa shape index (κ2) is 5.34. The van der Waals surface area contributed by atoms with E-state index in [2.05, 4.69) is 0 Å². The topological polar surface area (TPSA) is 57.6 Å². The van der Waals surface area contributed by atoms with Crippen molar-refractivity contribution in [2.45, 2.75) is 31.7 Å². The van der Waals surface area contributed by atoms with E-state index in [1.807, 2.05) is 0 Å². The fourth-order valence-electron chi connectivity index (χ4n) is 3.40. The van der Waals surface area contributed by atoms with Crippen molar-refractivity contribution in [2.75, 3.05) is 6.54 Å². The monoisotopic (exact) mass is 309 g/mol. The van der Waals surface area contributed by atoms with Crippen LogP contribution in [0.2, 0.25) is 0 Å². The third kappa shape index (κ3) is 2.46. The zero-order valence-corrected chi connectivity index (χ0v) is 12.1. The number of hydrogen-bond donors (Lipinski definition) is 1. The number of hydrogen-bond acceptors (Lipinski definition) is 2. The zero-order valence-electron chi connectivity index (χ0n) is 12.1. The van der Waals surface area contributed by atoms with Crippen molar-refractivity contribution in [3.63, 3.8) is 0 Å². The summed E-state index contributed by atoms with van der Waals surface area (Å²) < 4.78 is 27.0. The molecule has 1 aromatic carbocycles. The number of carboxylic acid groups (broad SMARTS) is 1. The number of carbonyl (C=O) groups excluding carboxylic acids is 1. The third-order valence-electron chi connectivity index (χ3n) is 4.82. The molecule has 0 spiro atoms. The van der Waals surface area contributed by atoms with Gasteiger partial charge < -0.3 is 10.0 Å². The minimum atomic E-state index is -0.897. The van der Waals surface area contributed by atoms with Gasteiger partial charge in [-0.2, -0.15) is 0 Å². The van der Waals surface area contributed by atoms with E-state index in [9.17, 15) is 18.4 Å². The van der Waals surface area contributed by atoms with Crippen LogP contribution in [-0.4, -0.2) is 34.5 Å². The Labute approximate surface area is 126 Å². The summed E-state index contributed by atoms with van der Waals surface area (Å²) >= 11 is 0. The smallest absolute Gasteiger partial charge is 0.308 e. The second-order valence-electron chi connectivity index (χ2n) is 6.12. The summed E-state index contributed by atoms with van der Waals surface area (Å²) in [5.41, 5.74) is 0.236. The Balaban J connectivity index is 1.71. The number of nitrogens with zero attached hydrogens (tertiary/aromatic N) is 1. The number of rotatable bonds is 3. The number of halogens is 2. The van der Waals surface area contributed by atoms with Gasteiger partial charge in [-0.3, -0.25) is 9.59 Å². The maximum Gasteiger partial charge on any atom is 0.308 e. The summed E-state index contributed by atoms with van der Waals surface area (Å²) in [5, 5.41) is 9.11. The molecule has 4 atom stereocenters. The average molecular weight is 309 g/mol. The lowest BCUT2D eigenvalue weighted by Gasteiger charge is -2.23. The molecule has 0 aromatic heterocycles. The molecular formula is C16H17F2NO3. The fourth-order valence-corrected chi connectivity index (χ4v) is 3.40. The van der Waals surface area contributed by atoms with Gasteiger partial charge in [0.25, 0.3) is 0 Å². The molecule has 1 aromatic rings. The molecule has 2 aliphatic rings. The van der Waals surface area contributed by atoms with Gasteiger partial charge in [0.15, 0.2) is 0 Å². The first-order valence-electron chi connectivity index (χ1n) is 7.38. The van der Waals surface area contributed by atoms with Crippen molar-refractivity contribution in [3.05, 3.63) is 35.4 Å². The van der Waals surface area contributed by atoms with Crippen LogP contribution < -0.4 is 0 Å². The number of likely N-dealkylation sites (tertiary alicyclic amines) is 1. The number of carboxylic acids is 1. The normalized spacial score (nSPS) is 30.4. The van der Waals surface area contributed by atoms with Gasteiger partial charge >= 0.3 is 5.97 Å². The molecule has 22 heavy (non-hydrogen) atoms. The highest BCUT2D eigenvalue weighted by molar-refractivity contribution is 5.84. The van der Waals surface area contributed by atoms with Gasteiger partial charge in [0.2, 0.25) is 5.91 Å². The molecule has 4 unspecified atom stereocenters. The van der Waals surface area contributed by atoms with E-state index < -0.39 is 23.5 Å². The summed E-state index contributed by atoms with van der Waals surface area (Å²) in [5.74, 6) is -3.29. The number of carbonyl (C=O) groups is 2. The highest BCUT2D eigenvalue weighted by Crippen LogP contribution is 2.50. The van der Waals surface area contributed by atoms with Gasteiger partial charge in [-0.1, -0.05) is 0 Å². The summed E-state index contributed by atoms with van der Waals surface area (Å²) in [6.45, 7) is 2.13. The van der Waals surface area contributed by atoms with Crippen LogP contribution in [0.1, 0.15) is 31.2 Å². The predicted molar refractivity (Wildman–Crippen MR) is 74.1 cm³/mol. The lowest BCUT2D eigenvalue weighted by molar-refractivity contribution is -0.143. The lowest BCUT2D eigenvalue weighted by Crippen LogP contribution is -2.38. The Kier molecular flexibility index (Phi) is 3.62. The largest absolute Gasteiger partial charge is 0.481 e. The van der Waals surface area contributed by atoms with Crippen LogP contribution in [0.25, 0.3) is 0 Å². The molecule has 1 aliphatic heterocycles. The van der Waals surface area contributed by atoms with E-state index in [0.29, 0.717) is 19.4 Å². The van der Waals surface area contributed by atoms with E-state index in [4.69, 9.17) is 5.11 Å². The molecular weight excluding hydrogens is 292 g/mol. The second-order valence-corrected chi connectivity index (χ2v) is 6.12. The van der Waals surface area contributed by atoms with Crippen molar-refractivity contribution in [1.29, 1.82) is 0 Å². The van der Waals surface area contributed by atoms with E-state index >= 15 is 0 Å². The van der Waals surface area contributed by atoms with Crippen LogP contribution in [0.5, 0.6) is 0 Å². The van der Waals surface area contributed by atoms with Gasteiger partial charge in [0.1, 0.15) is 11.6 Å². The van der Waals surface area contributed by atoms with Crippen molar-refractivity contribution in [3.8, 4) is 0 Å². The lowest BCUT2D eigenvalue weighted by atomic mass is 10.0. The van der Waals surface area contributed by atoms with E-state index in [1.54, 1.807) is 11.8 Å². The first-order valence-corrected chi connectivity index (χ1v) is 7.38. The van der Waals surface area contributed by atoms with Gasteiger partial charge in [-0.05, 0) is 49.4 Å². The van der Waals surface area contributed by atoms with Crippen molar-refractivity contribution >= 4 is 11.9 Å². The molecule has 1 saturated carbocycles.